The Balaban J connectivity index is 1.66. The minimum Gasteiger partial charge on any atom is -0.493 e. The third kappa shape index (κ3) is 3.19. The summed E-state index contributed by atoms with van der Waals surface area (Å²) in [7, 11) is 0. The number of para-hydroxylation sites is 1. The molecule has 1 heterocycles. The van der Waals surface area contributed by atoms with Gasteiger partial charge in [0.15, 0.2) is 0 Å². The maximum Gasteiger partial charge on any atom is 0.122 e. The van der Waals surface area contributed by atoms with Gasteiger partial charge in [0, 0.05) is 17.5 Å². The molecule has 21 heavy (non-hydrogen) atoms. The third-order valence-electron chi connectivity index (χ3n) is 3.94. The van der Waals surface area contributed by atoms with Crippen molar-refractivity contribution in [2.75, 3.05) is 13.2 Å². The molecule has 0 aliphatic carbocycles. The van der Waals surface area contributed by atoms with Crippen LogP contribution in [0.15, 0.2) is 48.5 Å². The summed E-state index contributed by atoms with van der Waals surface area (Å²) < 4.78 is 11.6. The summed E-state index contributed by atoms with van der Waals surface area (Å²) in [6.45, 7) is 3.42. The number of hydrogen-bond acceptors (Lipinski definition) is 3. The van der Waals surface area contributed by atoms with Crippen molar-refractivity contribution in [2.24, 2.45) is 5.73 Å². The van der Waals surface area contributed by atoms with Crippen molar-refractivity contribution >= 4 is 0 Å². The summed E-state index contributed by atoms with van der Waals surface area (Å²) in [5.74, 6) is 2.27. The van der Waals surface area contributed by atoms with Gasteiger partial charge in [-0.3, -0.25) is 0 Å². The molecular formula is C18H21NO2. The number of ether oxygens (including phenoxy) is 2. The zero-order valence-corrected chi connectivity index (χ0v) is 12.3. The first-order valence-corrected chi connectivity index (χ1v) is 7.44. The second kappa shape index (κ2) is 6.19. The van der Waals surface area contributed by atoms with Crippen molar-refractivity contribution in [3.63, 3.8) is 0 Å². The van der Waals surface area contributed by atoms with E-state index >= 15 is 0 Å². The van der Waals surface area contributed by atoms with Gasteiger partial charge >= 0.3 is 0 Å². The Labute approximate surface area is 125 Å². The highest BCUT2D eigenvalue weighted by Crippen LogP contribution is 2.33. The zero-order valence-electron chi connectivity index (χ0n) is 12.3. The lowest BCUT2D eigenvalue weighted by atomic mass is 9.94. The summed E-state index contributed by atoms with van der Waals surface area (Å²) in [6, 6.07) is 16.3. The topological polar surface area (TPSA) is 44.5 Å². The molecule has 2 N–H and O–H groups in total. The van der Waals surface area contributed by atoms with Gasteiger partial charge in [-0.2, -0.15) is 0 Å². The number of nitrogens with two attached hydrogens (primary N) is 1. The van der Waals surface area contributed by atoms with E-state index in [4.69, 9.17) is 15.2 Å². The van der Waals surface area contributed by atoms with Gasteiger partial charge in [0.1, 0.15) is 11.5 Å². The van der Waals surface area contributed by atoms with Crippen LogP contribution >= 0.6 is 0 Å². The maximum atomic E-state index is 5.94. The number of hydrogen-bond donors (Lipinski definition) is 1. The number of rotatable bonds is 4. The van der Waals surface area contributed by atoms with Crippen LogP contribution in [0.25, 0.3) is 0 Å². The molecule has 2 atom stereocenters. The van der Waals surface area contributed by atoms with E-state index in [9.17, 15) is 0 Å². The van der Waals surface area contributed by atoms with Crippen molar-refractivity contribution in [1.29, 1.82) is 0 Å². The molecule has 0 bridgehead atoms. The Hall–Kier alpha value is -2.00. The number of fused-ring (bicyclic) bond motifs is 1. The Morgan fingerprint density at radius 2 is 1.95 bits per heavy atom. The molecule has 0 aromatic heterocycles. The van der Waals surface area contributed by atoms with Crippen LogP contribution in [0, 0.1) is 0 Å². The van der Waals surface area contributed by atoms with Crippen LogP contribution < -0.4 is 15.2 Å². The Morgan fingerprint density at radius 1 is 1.19 bits per heavy atom. The van der Waals surface area contributed by atoms with Gasteiger partial charge in [0.2, 0.25) is 0 Å². The lowest BCUT2D eigenvalue weighted by Gasteiger charge is -2.25. The van der Waals surface area contributed by atoms with E-state index in [1.165, 1.54) is 5.56 Å². The van der Waals surface area contributed by atoms with Crippen LogP contribution in [0.1, 0.15) is 36.4 Å². The van der Waals surface area contributed by atoms with E-state index in [0.717, 1.165) is 30.1 Å². The molecule has 0 saturated heterocycles. The molecule has 3 heteroatoms. The predicted octanol–water partition coefficient (Wildman–Crippen LogP) is 3.65. The number of benzene rings is 2. The summed E-state index contributed by atoms with van der Waals surface area (Å²) in [6.07, 6.45) is 0.995. The van der Waals surface area contributed by atoms with Crippen molar-refractivity contribution in [2.45, 2.75) is 25.3 Å². The molecule has 0 amide bonds. The summed E-state index contributed by atoms with van der Waals surface area (Å²) >= 11 is 0. The summed E-state index contributed by atoms with van der Waals surface area (Å²) in [5.41, 5.74) is 8.22. The molecule has 0 saturated carbocycles. The fourth-order valence-electron chi connectivity index (χ4n) is 2.65. The second-order valence-electron chi connectivity index (χ2n) is 5.54. The molecule has 2 aromatic rings. The first-order chi connectivity index (χ1) is 10.2. The van der Waals surface area contributed by atoms with Gasteiger partial charge in [-0.1, -0.05) is 30.3 Å². The fourth-order valence-corrected chi connectivity index (χ4v) is 2.65. The fraction of sp³-hybridized carbons (Fsp3) is 0.333. The van der Waals surface area contributed by atoms with Gasteiger partial charge in [0.25, 0.3) is 0 Å². The first-order valence-electron chi connectivity index (χ1n) is 7.44. The van der Waals surface area contributed by atoms with E-state index in [1.54, 1.807) is 0 Å². The molecule has 1 aliphatic heterocycles. The SMILES string of the molecule is C[C@H](N)c1ccc(OCC2CCOc3ccccc32)cc1. The average Bonchev–Trinajstić information content (AvgIpc) is 2.53. The van der Waals surface area contributed by atoms with Gasteiger partial charge < -0.3 is 15.2 Å². The first kappa shape index (κ1) is 14.0. The van der Waals surface area contributed by atoms with Crippen molar-refractivity contribution in [3.8, 4) is 11.5 Å². The Kier molecular flexibility index (Phi) is 4.11. The Morgan fingerprint density at radius 3 is 2.71 bits per heavy atom. The molecule has 110 valence electrons. The molecule has 2 aromatic carbocycles. The van der Waals surface area contributed by atoms with Crippen molar-refractivity contribution in [1.82, 2.24) is 0 Å². The lowest BCUT2D eigenvalue weighted by Crippen LogP contribution is -2.19. The highest BCUT2D eigenvalue weighted by Gasteiger charge is 2.21. The summed E-state index contributed by atoms with van der Waals surface area (Å²) in [4.78, 5) is 0. The summed E-state index contributed by atoms with van der Waals surface area (Å²) in [5, 5.41) is 0. The molecular weight excluding hydrogens is 262 g/mol. The largest absolute Gasteiger partial charge is 0.493 e. The molecule has 0 fully saturated rings. The normalized spacial score (nSPS) is 18.5. The van der Waals surface area contributed by atoms with Crippen LogP contribution in [0.3, 0.4) is 0 Å². The van der Waals surface area contributed by atoms with Crippen molar-refractivity contribution in [3.05, 3.63) is 59.7 Å². The van der Waals surface area contributed by atoms with Crippen LogP contribution in [-0.4, -0.2) is 13.2 Å². The van der Waals surface area contributed by atoms with Gasteiger partial charge in [-0.05, 0) is 37.1 Å². The van der Waals surface area contributed by atoms with E-state index in [1.807, 2.05) is 43.3 Å². The van der Waals surface area contributed by atoms with Crippen LogP contribution in [0.5, 0.6) is 11.5 Å². The van der Waals surface area contributed by atoms with Crippen LogP contribution in [-0.2, 0) is 0 Å². The average molecular weight is 283 g/mol. The third-order valence-corrected chi connectivity index (χ3v) is 3.94. The van der Waals surface area contributed by atoms with E-state index in [0.29, 0.717) is 12.5 Å². The molecule has 0 radical (unpaired) electrons. The molecule has 3 nitrogen and oxygen atoms in total. The zero-order chi connectivity index (χ0) is 14.7. The van der Waals surface area contributed by atoms with E-state index < -0.39 is 0 Å². The van der Waals surface area contributed by atoms with E-state index in [2.05, 4.69) is 12.1 Å². The minimum absolute atomic E-state index is 0.0569. The highest BCUT2D eigenvalue weighted by atomic mass is 16.5. The van der Waals surface area contributed by atoms with Gasteiger partial charge in [-0.25, -0.2) is 0 Å². The Bertz CT molecular complexity index is 592. The predicted molar refractivity (Wildman–Crippen MR) is 83.8 cm³/mol. The van der Waals surface area contributed by atoms with E-state index in [-0.39, 0.29) is 6.04 Å². The lowest BCUT2D eigenvalue weighted by molar-refractivity contribution is 0.217. The van der Waals surface area contributed by atoms with Gasteiger partial charge in [-0.15, -0.1) is 0 Å². The monoisotopic (exact) mass is 283 g/mol. The highest BCUT2D eigenvalue weighted by molar-refractivity contribution is 5.38. The molecule has 1 unspecified atom stereocenters. The maximum absolute atomic E-state index is 5.94. The second-order valence-corrected chi connectivity index (χ2v) is 5.54. The minimum atomic E-state index is 0.0569. The smallest absolute Gasteiger partial charge is 0.122 e. The van der Waals surface area contributed by atoms with Gasteiger partial charge in [0.05, 0.1) is 13.2 Å². The molecule has 1 aliphatic rings. The standard InChI is InChI=1S/C18H21NO2/c1-13(19)14-6-8-16(9-7-14)21-12-15-10-11-20-18-5-3-2-4-17(15)18/h2-9,13,15H,10-12,19H2,1H3/t13-,15?/m0/s1. The molecule has 3 rings (SSSR count). The van der Waals surface area contributed by atoms with Crippen molar-refractivity contribution < 1.29 is 9.47 Å². The van der Waals surface area contributed by atoms with Crippen LogP contribution in [0.2, 0.25) is 0 Å². The molecule has 0 spiro atoms. The quantitative estimate of drug-likeness (QED) is 0.931. The van der Waals surface area contributed by atoms with Crippen LogP contribution in [0.4, 0.5) is 0 Å².